The first kappa shape index (κ1) is 9.90. The van der Waals surface area contributed by atoms with E-state index in [0.29, 0.717) is 5.56 Å². The lowest BCUT2D eigenvalue weighted by molar-refractivity contribution is -0.711. The minimum absolute atomic E-state index is 0.121. The molecule has 0 atom stereocenters. The molecule has 0 saturated carbocycles. The number of nitro groups is 1. The van der Waals surface area contributed by atoms with Gasteiger partial charge in [-0.05, 0) is 12.5 Å². The van der Waals surface area contributed by atoms with Crippen molar-refractivity contribution in [3.63, 3.8) is 0 Å². The van der Waals surface area contributed by atoms with E-state index in [4.69, 9.17) is 0 Å². The molecule has 0 N–H and O–H groups in total. The predicted octanol–water partition coefficient (Wildman–Crippen LogP) is 1.47. The zero-order valence-corrected chi connectivity index (χ0v) is 7.17. The number of hydrogen-bond donors (Lipinski definition) is 0. The van der Waals surface area contributed by atoms with E-state index in [1.807, 2.05) is 0 Å². The van der Waals surface area contributed by atoms with E-state index < -0.39 is 10.0 Å². The van der Waals surface area contributed by atoms with Crippen molar-refractivity contribution in [3.8, 4) is 5.75 Å². The van der Waals surface area contributed by atoms with Crippen LogP contribution in [0.5, 0.6) is 5.75 Å². The van der Waals surface area contributed by atoms with Crippen LogP contribution in [0, 0.1) is 27.2 Å². The van der Waals surface area contributed by atoms with Crippen LogP contribution in [0.25, 0.3) is 0 Å². The van der Waals surface area contributed by atoms with Crippen LogP contribution >= 0.6 is 0 Å². The van der Waals surface area contributed by atoms with Crippen LogP contribution in [0.15, 0.2) is 18.2 Å². The second-order valence-corrected chi connectivity index (χ2v) is 2.52. The fourth-order valence-corrected chi connectivity index (χ4v) is 0.881. The lowest BCUT2D eigenvalue weighted by Crippen LogP contribution is -2.05. The molecule has 0 spiro atoms. The van der Waals surface area contributed by atoms with Crippen molar-refractivity contribution in [2.75, 3.05) is 0 Å². The van der Waals surface area contributed by atoms with Crippen LogP contribution in [0.4, 0.5) is 5.69 Å². The summed E-state index contributed by atoms with van der Waals surface area (Å²) in [6.45, 7) is 1.56. The van der Waals surface area contributed by atoms with Gasteiger partial charge in [0.2, 0.25) is 0 Å². The van der Waals surface area contributed by atoms with Crippen LogP contribution in [0.3, 0.4) is 0 Å². The van der Waals surface area contributed by atoms with Crippen molar-refractivity contribution in [2.24, 2.45) is 0 Å². The lowest BCUT2D eigenvalue weighted by atomic mass is 10.2. The molecule has 14 heavy (non-hydrogen) atoms. The van der Waals surface area contributed by atoms with Gasteiger partial charge in [-0.15, -0.1) is 10.1 Å². The van der Waals surface area contributed by atoms with Crippen molar-refractivity contribution in [1.82, 2.24) is 0 Å². The molecular weight excluding hydrogens is 192 g/mol. The van der Waals surface area contributed by atoms with E-state index in [1.54, 1.807) is 6.92 Å². The van der Waals surface area contributed by atoms with Gasteiger partial charge in [-0.25, -0.2) is 0 Å². The Balaban J connectivity index is 3.08. The van der Waals surface area contributed by atoms with Crippen molar-refractivity contribution in [1.29, 1.82) is 0 Å². The molecule has 0 aliphatic heterocycles. The van der Waals surface area contributed by atoms with Gasteiger partial charge in [-0.1, -0.05) is 6.07 Å². The third kappa shape index (κ3) is 2.16. The number of non-ortho nitro benzene ring substituents is 1. The first-order valence-electron chi connectivity index (χ1n) is 3.58. The molecule has 0 amide bonds. The topological polar surface area (TPSA) is 95.5 Å². The summed E-state index contributed by atoms with van der Waals surface area (Å²) in [5.74, 6) is -0.121. The highest BCUT2D eigenvalue weighted by Gasteiger charge is 2.11. The van der Waals surface area contributed by atoms with Crippen LogP contribution in [-0.4, -0.2) is 10.0 Å². The monoisotopic (exact) mass is 198 g/mol. The zero-order valence-electron chi connectivity index (χ0n) is 7.17. The normalized spacial score (nSPS) is 9.50. The quantitative estimate of drug-likeness (QED) is 0.541. The molecule has 0 aliphatic rings. The van der Waals surface area contributed by atoms with Crippen LogP contribution in [0.1, 0.15) is 5.56 Å². The molecule has 0 saturated heterocycles. The van der Waals surface area contributed by atoms with Crippen LogP contribution in [0.2, 0.25) is 0 Å². The summed E-state index contributed by atoms with van der Waals surface area (Å²) in [7, 11) is 0. The Morgan fingerprint density at radius 2 is 1.93 bits per heavy atom. The fraction of sp³-hybridized carbons (Fsp3) is 0.143. The van der Waals surface area contributed by atoms with Gasteiger partial charge in [0.05, 0.1) is 4.92 Å². The maximum absolute atomic E-state index is 10.3. The molecule has 0 aliphatic carbocycles. The third-order valence-electron chi connectivity index (χ3n) is 1.56. The number of nitro benzene ring substituents is 1. The highest BCUT2D eigenvalue weighted by atomic mass is 17.0. The highest BCUT2D eigenvalue weighted by molar-refractivity contribution is 5.43. The molecule has 7 nitrogen and oxygen atoms in total. The first-order chi connectivity index (χ1) is 6.50. The van der Waals surface area contributed by atoms with E-state index in [-0.39, 0.29) is 11.4 Å². The summed E-state index contributed by atoms with van der Waals surface area (Å²) >= 11 is 0. The minimum atomic E-state index is -1.01. The molecule has 1 aromatic carbocycles. The Labute approximate surface area is 78.2 Å². The Morgan fingerprint density at radius 1 is 1.29 bits per heavy atom. The highest BCUT2D eigenvalue weighted by Crippen LogP contribution is 2.23. The standard InChI is InChI=1S/C7H6N2O5/c1-5-2-3-6(8(10)11)4-7(5)14-9(12)13/h2-4H,1H3. The van der Waals surface area contributed by atoms with E-state index >= 15 is 0 Å². The summed E-state index contributed by atoms with van der Waals surface area (Å²) in [6, 6.07) is 3.65. The van der Waals surface area contributed by atoms with Gasteiger partial charge >= 0.3 is 0 Å². The van der Waals surface area contributed by atoms with Gasteiger partial charge in [0.15, 0.2) is 0 Å². The number of hydrogen-bond acceptors (Lipinski definition) is 5. The Hall–Kier alpha value is -2.18. The Bertz CT molecular complexity index is 390. The number of benzene rings is 1. The van der Waals surface area contributed by atoms with E-state index in [2.05, 4.69) is 4.84 Å². The molecule has 1 aromatic rings. The second-order valence-electron chi connectivity index (χ2n) is 2.52. The first-order valence-corrected chi connectivity index (χ1v) is 3.58. The largest absolute Gasteiger partial charge is 0.299 e. The maximum Gasteiger partial charge on any atom is 0.299 e. The van der Waals surface area contributed by atoms with Crippen LogP contribution < -0.4 is 4.84 Å². The van der Waals surface area contributed by atoms with Crippen LogP contribution in [-0.2, 0) is 0 Å². The van der Waals surface area contributed by atoms with Gasteiger partial charge in [-0.3, -0.25) is 15.0 Å². The smallest absolute Gasteiger partial charge is 0.276 e. The molecular formula is C7H6N2O5. The molecule has 1 rings (SSSR count). The van der Waals surface area contributed by atoms with Gasteiger partial charge in [0, 0.05) is 12.1 Å². The molecule has 0 fully saturated rings. The zero-order chi connectivity index (χ0) is 10.7. The van der Waals surface area contributed by atoms with E-state index in [9.17, 15) is 20.2 Å². The molecule has 0 bridgehead atoms. The predicted molar refractivity (Wildman–Crippen MR) is 45.5 cm³/mol. The third-order valence-corrected chi connectivity index (χ3v) is 1.56. The van der Waals surface area contributed by atoms with Gasteiger partial charge in [0.1, 0.15) is 5.75 Å². The lowest BCUT2D eigenvalue weighted by Gasteiger charge is -2.01. The van der Waals surface area contributed by atoms with E-state index in [0.717, 1.165) is 6.07 Å². The van der Waals surface area contributed by atoms with Crippen molar-refractivity contribution >= 4 is 5.69 Å². The number of nitrogens with zero attached hydrogens (tertiary/aromatic N) is 2. The maximum atomic E-state index is 10.3. The van der Waals surface area contributed by atoms with Crippen molar-refractivity contribution in [3.05, 3.63) is 44.0 Å². The molecule has 0 radical (unpaired) electrons. The molecule has 0 unspecified atom stereocenters. The summed E-state index contributed by atoms with van der Waals surface area (Å²) in [5.41, 5.74) is 0.222. The SMILES string of the molecule is Cc1ccc([N+](=O)[O-])cc1O[N+](=O)[O-]. The van der Waals surface area contributed by atoms with Crippen molar-refractivity contribution in [2.45, 2.75) is 6.92 Å². The second kappa shape index (κ2) is 3.69. The molecule has 7 heteroatoms. The van der Waals surface area contributed by atoms with E-state index in [1.165, 1.54) is 12.1 Å². The summed E-state index contributed by atoms with van der Waals surface area (Å²) in [6.07, 6.45) is 0. The average Bonchev–Trinajstić information content (AvgIpc) is 2.07. The number of aryl methyl sites for hydroxylation is 1. The van der Waals surface area contributed by atoms with Crippen molar-refractivity contribution < 1.29 is 14.8 Å². The summed E-state index contributed by atoms with van der Waals surface area (Å²) in [5, 5.41) is 19.3. The molecule has 74 valence electrons. The van der Waals surface area contributed by atoms with Gasteiger partial charge in [0.25, 0.3) is 10.8 Å². The summed E-state index contributed by atoms with van der Waals surface area (Å²) < 4.78 is 0. The fourth-order valence-electron chi connectivity index (χ4n) is 0.881. The Kier molecular flexibility index (Phi) is 2.61. The average molecular weight is 198 g/mol. The minimum Gasteiger partial charge on any atom is -0.276 e. The molecule has 0 heterocycles. The molecule has 0 aromatic heterocycles. The summed E-state index contributed by atoms with van der Waals surface area (Å²) in [4.78, 5) is 23.9. The Morgan fingerprint density at radius 3 is 2.43 bits per heavy atom. The number of rotatable bonds is 3. The van der Waals surface area contributed by atoms with Gasteiger partial charge in [-0.2, -0.15) is 0 Å². The van der Waals surface area contributed by atoms with Gasteiger partial charge < -0.3 is 0 Å².